The Kier molecular flexibility index (Phi) is 7.49. The number of thiocarbonyl (C=S) groups is 1. The van der Waals surface area contributed by atoms with E-state index < -0.39 is 21.7 Å². The number of hydrogen-bond acceptors (Lipinski definition) is 2. The number of nitrogens with one attached hydrogen (secondary N) is 3. The maximum Gasteiger partial charge on any atom is 0.255 e. The van der Waals surface area contributed by atoms with Crippen molar-refractivity contribution < 1.29 is 9.18 Å². The molecule has 0 radical (unpaired) electrons. The van der Waals surface area contributed by atoms with Gasteiger partial charge in [0.05, 0.1) is 5.56 Å². The molecule has 2 aromatic carbocycles. The molecule has 0 bridgehead atoms. The monoisotopic (exact) mass is 497 g/mol. The number of hydrogen-bond donors (Lipinski definition) is 3. The van der Waals surface area contributed by atoms with Crippen molar-refractivity contribution in [2.24, 2.45) is 0 Å². The molecule has 4 nitrogen and oxygen atoms in total. The molecule has 0 fully saturated rings. The Balaban J connectivity index is 2.07. The first-order valence-electron chi connectivity index (χ1n) is 7.12. The third-order valence-electron chi connectivity index (χ3n) is 3.10. The highest BCUT2D eigenvalue weighted by molar-refractivity contribution is 9.10. The number of rotatable bonds is 4. The van der Waals surface area contributed by atoms with Crippen LogP contribution in [0.3, 0.4) is 0 Å². The Morgan fingerprint density at radius 3 is 2.27 bits per heavy atom. The summed E-state index contributed by atoms with van der Waals surface area (Å²) in [5, 5.41) is 8.12. The van der Waals surface area contributed by atoms with Gasteiger partial charge in [-0.25, -0.2) is 4.39 Å². The summed E-state index contributed by atoms with van der Waals surface area (Å²) < 4.78 is 12.7. The Hall–Kier alpha value is -1.12. The molecule has 10 heteroatoms. The van der Waals surface area contributed by atoms with Gasteiger partial charge in [-0.1, -0.05) is 62.9 Å². The van der Waals surface area contributed by atoms with Crippen molar-refractivity contribution in [3.05, 3.63) is 64.4 Å². The molecule has 26 heavy (non-hydrogen) atoms. The first-order valence-corrected chi connectivity index (χ1v) is 9.45. The average Bonchev–Trinajstić information content (AvgIpc) is 2.56. The summed E-state index contributed by atoms with van der Waals surface area (Å²) in [5.74, 6) is -1.44. The lowest BCUT2D eigenvalue weighted by atomic mass is 10.2. The number of alkyl halides is 3. The second kappa shape index (κ2) is 9.19. The smallest absolute Gasteiger partial charge is 0.255 e. The van der Waals surface area contributed by atoms with Crippen molar-refractivity contribution in [3.8, 4) is 0 Å². The lowest BCUT2D eigenvalue weighted by Crippen LogP contribution is -2.56. The summed E-state index contributed by atoms with van der Waals surface area (Å²) in [5.41, 5.74) is 0.509. The molecule has 1 amide bonds. The summed E-state index contributed by atoms with van der Waals surface area (Å²) in [7, 11) is 0. The highest BCUT2D eigenvalue weighted by Crippen LogP contribution is 2.29. The minimum Gasteiger partial charge on any atom is -0.339 e. The zero-order valence-electron chi connectivity index (χ0n) is 12.9. The topological polar surface area (TPSA) is 53.2 Å². The summed E-state index contributed by atoms with van der Waals surface area (Å²) >= 11 is 26.2. The third kappa shape index (κ3) is 6.25. The van der Waals surface area contributed by atoms with Gasteiger partial charge in [0, 0.05) is 10.2 Å². The maximum atomic E-state index is 13.7. The van der Waals surface area contributed by atoms with E-state index in [9.17, 15) is 9.18 Å². The molecular formula is C16H12BrCl3FN3OS. The molecule has 2 rings (SSSR count). The third-order valence-corrected chi connectivity index (χ3v) is 4.50. The van der Waals surface area contributed by atoms with Crippen LogP contribution in [0.2, 0.25) is 0 Å². The van der Waals surface area contributed by atoms with Gasteiger partial charge in [0.25, 0.3) is 5.91 Å². The van der Waals surface area contributed by atoms with Gasteiger partial charge in [-0.05, 0) is 48.6 Å². The van der Waals surface area contributed by atoms with Gasteiger partial charge < -0.3 is 16.0 Å². The van der Waals surface area contributed by atoms with Crippen molar-refractivity contribution >= 4 is 79.7 Å². The minimum absolute atomic E-state index is 0.109. The number of benzene rings is 2. The molecule has 1 atom stereocenters. The maximum absolute atomic E-state index is 13.7. The molecule has 3 N–H and O–H groups in total. The quantitative estimate of drug-likeness (QED) is 0.315. The van der Waals surface area contributed by atoms with Gasteiger partial charge in [0.15, 0.2) is 5.11 Å². The number of amides is 1. The van der Waals surface area contributed by atoms with Gasteiger partial charge >= 0.3 is 0 Å². The molecule has 138 valence electrons. The van der Waals surface area contributed by atoms with Gasteiger partial charge in [-0.2, -0.15) is 0 Å². The van der Waals surface area contributed by atoms with E-state index in [1.54, 1.807) is 12.1 Å². The van der Waals surface area contributed by atoms with Crippen molar-refractivity contribution in [2.75, 3.05) is 5.32 Å². The normalized spacial score (nSPS) is 12.2. The van der Waals surface area contributed by atoms with Crippen LogP contribution in [0.4, 0.5) is 10.1 Å². The van der Waals surface area contributed by atoms with Gasteiger partial charge in [-0.3, -0.25) is 4.79 Å². The summed E-state index contributed by atoms with van der Waals surface area (Å²) in [6, 6.07) is 12.7. The molecule has 0 aromatic heterocycles. The fraction of sp³-hybridized carbons (Fsp3) is 0.125. The van der Waals surface area contributed by atoms with Crippen LogP contribution in [0.1, 0.15) is 10.4 Å². The molecule has 0 aliphatic carbocycles. The minimum atomic E-state index is -1.94. The zero-order chi connectivity index (χ0) is 19.3. The number of halogens is 5. The Morgan fingerprint density at radius 1 is 1.08 bits per heavy atom. The van der Waals surface area contributed by atoms with Crippen molar-refractivity contribution in [2.45, 2.75) is 9.96 Å². The largest absolute Gasteiger partial charge is 0.339 e. The van der Waals surface area contributed by atoms with E-state index in [1.165, 1.54) is 18.2 Å². The first-order chi connectivity index (χ1) is 12.2. The van der Waals surface area contributed by atoms with Crippen LogP contribution in [0.5, 0.6) is 0 Å². The molecule has 0 saturated heterocycles. The number of carbonyl (C=O) groups is 1. The van der Waals surface area contributed by atoms with Crippen LogP contribution in [0, 0.1) is 5.82 Å². The average molecular weight is 500 g/mol. The van der Waals surface area contributed by atoms with Crippen molar-refractivity contribution in [1.82, 2.24) is 10.6 Å². The second-order valence-corrected chi connectivity index (χ2v) is 8.73. The molecule has 0 heterocycles. The molecule has 0 saturated carbocycles. The predicted molar refractivity (Wildman–Crippen MR) is 111 cm³/mol. The van der Waals surface area contributed by atoms with Crippen LogP contribution in [-0.4, -0.2) is 21.0 Å². The van der Waals surface area contributed by atoms with E-state index in [2.05, 4.69) is 31.9 Å². The SMILES string of the molecule is O=C(NC(NC(=S)Nc1ccc(Br)cc1)C(Cl)(Cl)Cl)c1ccccc1F. The molecule has 0 aliphatic heterocycles. The molecule has 1 unspecified atom stereocenters. The lowest BCUT2D eigenvalue weighted by molar-refractivity contribution is 0.0930. The highest BCUT2D eigenvalue weighted by atomic mass is 79.9. The van der Waals surface area contributed by atoms with E-state index in [0.29, 0.717) is 5.69 Å². The van der Waals surface area contributed by atoms with Gasteiger partial charge in [-0.15, -0.1) is 0 Å². The fourth-order valence-electron chi connectivity index (χ4n) is 1.89. The first kappa shape index (κ1) is 21.2. The van der Waals surface area contributed by atoms with E-state index in [1.807, 2.05) is 12.1 Å². The van der Waals surface area contributed by atoms with Gasteiger partial charge in [0.1, 0.15) is 12.0 Å². The Bertz CT molecular complexity index is 802. The summed E-state index contributed by atoms with van der Waals surface area (Å²) in [4.78, 5) is 12.3. The standard InChI is InChI=1S/C16H12BrCl3FN3OS/c17-9-5-7-10(8-6-9)22-15(26)24-14(16(18,19)20)23-13(25)11-3-1-2-4-12(11)21/h1-8,14H,(H,23,25)(H2,22,24,26). The second-order valence-electron chi connectivity index (χ2n) is 5.03. The van der Waals surface area contributed by atoms with Crippen LogP contribution >= 0.6 is 63.0 Å². The van der Waals surface area contributed by atoms with Crippen LogP contribution in [-0.2, 0) is 0 Å². The number of carbonyl (C=O) groups excluding carboxylic acids is 1. The van der Waals surface area contributed by atoms with E-state index in [4.69, 9.17) is 47.0 Å². The molecule has 0 spiro atoms. The number of anilines is 1. The van der Waals surface area contributed by atoms with Crippen LogP contribution < -0.4 is 16.0 Å². The van der Waals surface area contributed by atoms with Crippen LogP contribution in [0.15, 0.2) is 53.0 Å². The van der Waals surface area contributed by atoms with E-state index in [0.717, 1.165) is 10.5 Å². The van der Waals surface area contributed by atoms with E-state index >= 15 is 0 Å². The molecular weight excluding hydrogens is 488 g/mol. The Labute approximate surface area is 178 Å². The predicted octanol–water partition coefficient (Wildman–Crippen LogP) is 5.00. The molecule has 2 aromatic rings. The summed E-state index contributed by atoms with van der Waals surface area (Å²) in [6.07, 6.45) is -1.20. The van der Waals surface area contributed by atoms with Crippen molar-refractivity contribution in [1.29, 1.82) is 0 Å². The van der Waals surface area contributed by atoms with Crippen molar-refractivity contribution in [3.63, 3.8) is 0 Å². The van der Waals surface area contributed by atoms with Crippen LogP contribution in [0.25, 0.3) is 0 Å². The van der Waals surface area contributed by atoms with Gasteiger partial charge in [0.2, 0.25) is 3.79 Å². The van der Waals surface area contributed by atoms with E-state index in [-0.39, 0.29) is 10.7 Å². The fourth-order valence-corrected chi connectivity index (χ4v) is 2.71. The lowest BCUT2D eigenvalue weighted by Gasteiger charge is -2.27. The highest BCUT2D eigenvalue weighted by Gasteiger charge is 2.35. The molecule has 0 aliphatic rings. The Morgan fingerprint density at radius 2 is 1.69 bits per heavy atom. The summed E-state index contributed by atoms with van der Waals surface area (Å²) in [6.45, 7) is 0. The zero-order valence-corrected chi connectivity index (χ0v) is 17.6.